The first kappa shape index (κ1) is 13.2. The van der Waals surface area contributed by atoms with E-state index in [1.165, 1.54) is 11.1 Å². The normalized spacial score (nSPS) is 8.86. The van der Waals surface area contributed by atoms with Gasteiger partial charge in [-0.15, -0.1) is 9.79 Å². The van der Waals surface area contributed by atoms with Crippen LogP contribution >= 0.6 is 8.25 Å². The minimum Gasteiger partial charge on any atom is -0.134 e. The molecule has 0 radical (unpaired) electrons. The van der Waals surface area contributed by atoms with Gasteiger partial charge in [-0.05, 0) is 24.0 Å². The average molecular weight is 215 g/mol. The van der Waals surface area contributed by atoms with Gasteiger partial charge < -0.3 is 0 Å². The molecule has 0 unspecified atom stereocenters. The van der Waals surface area contributed by atoms with Crippen molar-refractivity contribution in [1.82, 2.24) is 0 Å². The molecule has 0 aliphatic carbocycles. The molecular formula is C10H16O3P+. The quantitative estimate of drug-likeness (QED) is 0.745. The Morgan fingerprint density at radius 1 is 1.00 bits per heavy atom. The van der Waals surface area contributed by atoms with E-state index in [-0.39, 0.29) is 0 Å². The van der Waals surface area contributed by atoms with Crippen LogP contribution < -0.4 is 0 Å². The van der Waals surface area contributed by atoms with E-state index in [0.717, 1.165) is 12.8 Å². The van der Waals surface area contributed by atoms with Crippen LogP contribution in [0.5, 0.6) is 0 Å². The van der Waals surface area contributed by atoms with Gasteiger partial charge in [0, 0.05) is 4.57 Å². The summed E-state index contributed by atoms with van der Waals surface area (Å²) in [6, 6.07) is 8.83. The lowest BCUT2D eigenvalue weighted by Gasteiger charge is -1.97. The molecule has 0 aliphatic heterocycles. The summed E-state index contributed by atoms with van der Waals surface area (Å²) in [4.78, 5) is 14.2. The number of hydrogen-bond donors (Lipinski definition) is 2. The summed E-state index contributed by atoms with van der Waals surface area (Å²) in [5.41, 5.74) is 2.86. The predicted molar refractivity (Wildman–Crippen MR) is 57.2 cm³/mol. The molecule has 1 rings (SSSR count). The van der Waals surface area contributed by atoms with Crippen LogP contribution in [0.4, 0.5) is 0 Å². The van der Waals surface area contributed by atoms with E-state index in [1.807, 2.05) is 0 Å². The fourth-order valence-corrected chi connectivity index (χ4v) is 1.01. The van der Waals surface area contributed by atoms with Gasteiger partial charge in [0.2, 0.25) is 0 Å². The molecule has 0 saturated heterocycles. The van der Waals surface area contributed by atoms with Crippen LogP contribution in [0.3, 0.4) is 0 Å². The van der Waals surface area contributed by atoms with Crippen molar-refractivity contribution in [3.8, 4) is 0 Å². The van der Waals surface area contributed by atoms with Gasteiger partial charge in [0.25, 0.3) is 0 Å². The van der Waals surface area contributed by atoms with Gasteiger partial charge in [0.1, 0.15) is 0 Å². The molecule has 0 spiro atoms. The van der Waals surface area contributed by atoms with Gasteiger partial charge in [0.15, 0.2) is 0 Å². The fourth-order valence-electron chi connectivity index (χ4n) is 1.01. The second-order valence-corrected chi connectivity index (χ2v) is 3.28. The van der Waals surface area contributed by atoms with Crippen molar-refractivity contribution < 1.29 is 14.4 Å². The summed E-state index contributed by atoms with van der Waals surface area (Å²) < 4.78 is 8.70. The summed E-state index contributed by atoms with van der Waals surface area (Å²) in [7, 11) is -2.87. The summed E-state index contributed by atoms with van der Waals surface area (Å²) >= 11 is 0. The van der Waals surface area contributed by atoms with Crippen LogP contribution in [-0.2, 0) is 17.4 Å². The molecule has 4 heteroatoms. The monoisotopic (exact) mass is 215 g/mol. The topological polar surface area (TPSA) is 57.5 Å². The minimum absolute atomic E-state index is 1.14. The molecule has 78 valence electrons. The minimum atomic E-state index is -2.87. The van der Waals surface area contributed by atoms with E-state index in [2.05, 4.69) is 38.1 Å². The van der Waals surface area contributed by atoms with Gasteiger partial charge in [-0.25, -0.2) is 0 Å². The van der Waals surface area contributed by atoms with E-state index in [0.29, 0.717) is 0 Å². The van der Waals surface area contributed by atoms with E-state index >= 15 is 0 Å². The highest BCUT2D eigenvalue weighted by Gasteiger charge is 1.93. The third-order valence-electron chi connectivity index (χ3n) is 1.84. The van der Waals surface area contributed by atoms with E-state index in [9.17, 15) is 0 Å². The summed E-state index contributed by atoms with van der Waals surface area (Å²) in [6.07, 6.45) is 2.29. The number of rotatable bonds is 2. The maximum atomic E-state index is 8.70. The second-order valence-electron chi connectivity index (χ2n) is 2.78. The van der Waals surface area contributed by atoms with Gasteiger partial charge in [0.05, 0.1) is 0 Å². The molecule has 0 atom stereocenters. The van der Waals surface area contributed by atoms with Gasteiger partial charge in [-0.1, -0.05) is 38.1 Å². The molecular weight excluding hydrogens is 199 g/mol. The third-order valence-corrected chi connectivity index (χ3v) is 1.84. The maximum Gasteiger partial charge on any atom is 0.692 e. The lowest BCUT2D eigenvalue weighted by molar-refractivity contribution is 0.405. The molecule has 0 aliphatic rings. The summed E-state index contributed by atoms with van der Waals surface area (Å²) in [5.74, 6) is 0. The van der Waals surface area contributed by atoms with Gasteiger partial charge in [-0.3, -0.25) is 0 Å². The van der Waals surface area contributed by atoms with Crippen LogP contribution in [0.15, 0.2) is 24.3 Å². The SMILES string of the molecule is CCc1ccc(CC)cc1.O=[P+](O)O. The predicted octanol–water partition coefficient (Wildman–Crippen LogP) is 2.44. The first-order valence-corrected chi connectivity index (χ1v) is 5.69. The standard InChI is InChI=1S/C10H14.HO3P/c1-3-9-5-7-10(4-2)8-6-9;1-4(2)3/h5-8H,3-4H2,1-2H3;(H-,1,2,3)/p+1. The average Bonchev–Trinajstić information content (AvgIpc) is 2.17. The molecule has 3 nitrogen and oxygen atoms in total. The highest BCUT2D eigenvalue weighted by atomic mass is 31.1. The Morgan fingerprint density at radius 3 is 1.36 bits per heavy atom. The first-order chi connectivity index (χ1) is 6.60. The molecule has 1 aromatic rings. The van der Waals surface area contributed by atoms with Gasteiger partial charge in [-0.2, -0.15) is 0 Å². The molecule has 0 amide bonds. The molecule has 0 fully saturated rings. The van der Waals surface area contributed by atoms with E-state index < -0.39 is 8.25 Å². The summed E-state index contributed by atoms with van der Waals surface area (Å²) in [5, 5.41) is 0. The Morgan fingerprint density at radius 2 is 1.21 bits per heavy atom. The van der Waals surface area contributed by atoms with Crippen molar-refractivity contribution in [2.24, 2.45) is 0 Å². The molecule has 14 heavy (non-hydrogen) atoms. The lowest BCUT2D eigenvalue weighted by Crippen LogP contribution is -1.81. The third kappa shape index (κ3) is 6.72. The molecule has 0 bridgehead atoms. The Kier molecular flexibility index (Phi) is 7.21. The van der Waals surface area contributed by atoms with Crippen molar-refractivity contribution in [3.05, 3.63) is 35.4 Å². The van der Waals surface area contributed by atoms with Crippen LogP contribution in [0, 0.1) is 0 Å². The second kappa shape index (κ2) is 7.63. The zero-order valence-electron chi connectivity index (χ0n) is 8.47. The Balaban J connectivity index is 0.000000364. The van der Waals surface area contributed by atoms with E-state index in [4.69, 9.17) is 14.4 Å². The van der Waals surface area contributed by atoms with Crippen LogP contribution in [0.1, 0.15) is 25.0 Å². The fraction of sp³-hybridized carbons (Fsp3) is 0.400. The Bertz CT molecular complexity index is 242. The van der Waals surface area contributed by atoms with Crippen LogP contribution in [0.2, 0.25) is 0 Å². The van der Waals surface area contributed by atoms with Gasteiger partial charge >= 0.3 is 8.25 Å². The number of aryl methyl sites for hydroxylation is 2. The zero-order valence-corrected chi connectivity index (χ0v) is 9.37. The molecule has 2 N–H and O–H groups in total. The van der Waals surface area contributed by atoms with Crippen LogP contribution in [0.25, 0.3) is 0 Å². The highest BCUT2D eigenvalue weighted by molar-refractivity contribution is 7.30. The molecule has 0 aromatic heterocycles. The molecule has 0 saturated carbocycles. The highest BCUT2D eigenvalue weighted by Crippen LogP contribution is 2.04. The Labute approximate surface area is 85.4 Å². The number of hydrogen-bond acceptors (Lipinski definition) is 1. The van der Waals surface area contributed by atoms with E-state index in [1.54, 1.807) is 0 Å². The summed E-state index contributed by atoms with van der Waals surface area (Å²) in [6.45, 7) is 4.36. The van der Waals surface area contributed by atoms with Crippen molar-refractivity contribution in [1.29, 1.82) is 0 Å². The van der Waals surface area contributed by atoms with Crippen molar-refractivity contribution in [2.45, 2.75) is 26.7 Å². The number of benzene rings is 1. The lowest BCUT2D eigenvalue weighted by atomic mass is 10.1. The smallest absolute Gasteiger partial charge is 0.134 e. The molecule has 1 aromatic carbocycles. The molecule has 0 heterocycles. The first-order valence-electron chi connectivity index (χ1n) is 4.53. The van der Waals surface area contributed by atoms with Crippen LogP contribution in [-0.4, -0.2) is 9.79 Å². The van der Waals surface area contributed by atoms with Crippen molar-refractivity contribution >= 4 is 8.25 Å². The zero-order chi connectivity index (χ0) is 11.0. The van der Waals surface area contributed by atoms with Crippen molar-refractivity contribution in [2.75, 3.05) is 0 Å². The maximum absolute atomic E-state index is 8.70. The van der Waals surface area contributed by atoms with Crippen molar-refractivity contribution in [3.63, 3.8) is 0 Å². The largest absolute Gasteiger partial charge is 0.692 e. The Hall–Kier alpha value is -0.760.